The highest BCUT2D eigenvalue weighted by Crippen LogP contribution is 2.15. The molecule has 0 N–H and O–H groups in total. The monoisotopic (exact) mass is 476 g/mol. The van der Waals surface area contributed by atoms with E-state index >= 15 is 0 Å². The molecule has 0 atom stereocenters. The van der Waals surface area contributed by atoms with Crippen molar-refractivity contribution in [3.8, 4) is 5.75 Å². The van der Waals surface area contributed by atoms with Crippen LogP contribution in [0.1, 0.15) is 5.69 Å². The van der Waals surface area contributed by atoms with Gasteiger partial charge >= 0.3 is 0 Å². The number of hydrogen-bond donors (Lipinski definition) is 0. The van der Waals surface area contributed by atoms with Crippen molar-refractivity contribution < 1.29 is 4.74 Å². The zero-order valence-corrected chi connectivity index (χ0v) is 18.3. The van der Waals surface area contributed by atoms with Crippen LogP contribution < -0.4 is 10.3 Å². The molecule has 0 aliphatic carbocycles. The summed E-state index contributed by atoms with van der Waals surface area (Å²) in [7, 11) is 0. The van der Waals surface area contributed by atoms with E-state index in [9.17, 15) is 4.79 Å². The van der Waals surface area contributed by atoms with Crippen molar-refractivity contribution in [1.82, 2.24) is 19.2 Å². The Balaban J connectivity index is 1.26. The maximum absolute atomic E-state index is 12.4. The fourth-order valence-corrected chi connectivity index (χ4v) is 3.89. The summed E-state index contributed by atoms with van der Waals surface area (Å²) in [5, 5.41) is 0.713. The molecule has 6 nitrogen and oxygen atoms in total. The van der Waals surface area contributed by atoms with Crippen molar-refractivity contribution in [2.24, 2.45) is 0 Å². The fourth-order valence-electron chi connectivity index (χ4n) is 3.43. The van der Waals surface area contributed by atoms with Gasteiger partial charge < -0.3 is 4.74 Å². The topological polar surface area (TPSA) is 50.1 Å². The number of pyridine rings is 1. The summed E-state index contributed by atoms with van der Waals surface area (Å²) in [6.45, 7) is 6.08. The molecule has 2 aromatic heterocycles. The van der Waals surface area contributed by atoms with Crippen LogP contribution in [0.25, 0.3) is 5.65 Å². The van der Waals surface area contributed by atoms with Crippen LogP contribution in [-0.4, -0.2) is 58.5 Å². The molecule has 0 unspecified atom stereocenters. The van der Waals surface area contributed by atoms with Crippen LogP contribution in [0.15, 0.2) is 57.9 Å². The predicted molar refractivity (Wildman–Crippen MR) is 118 cm³/mol. The molecule has 8 heteroatoms. The predicted octanol–water partition coefficient (Wildman–Crippen LogP) is 3.31. The first-order chi connectivity index (χ1) is 14.1. The van der Waals surface area contributed by atoms with Crippen LogP contribution in [0.2, 0.25) is 5.02 Å². The van der Waals surface area contributed by atoms with E-state index in [1.165, 1.54) is 0 Å². The fraction of sp³-hybridized carbons (Fsp3) is 0.333. The Morgan fingerprint density at radius 3 is 2.52 bits per heavy atom. The number of rotatable bonds is 6. The molecule has 1 saturated heterocycles. The average molecular weight is 478 g/mol. The number of fused-ring (bicyclic) bond motifs is 1. The normalized spacial score (nSPS) is 15.7. The number of piperazine rings is 1. The molecule has 29 heavy (non-hydrogen) atoms. The SMILES string of the molecule is O=c1cc(CN2CCN(CCOc3ccc(Cl)cc3)CC2)nc2ccc(Br)cn12. The van der Waals surface area contributed by atoms with Gasteiger partial charge in [0, 0.05) is 61.0 Å². The minimum absolute atomic E-state index is 0.0516. The molecule has 4 rings (SSSR count). The third-order valence-corrected chi connectivity index (χ3v) is 5.74. The molecule has 3 aromatic rings. The first-order valence-electron chi connectivity index (χ1n) is 9.58. The summed E-state index contributed by atoms with van der Waals surface area (Å²) in [5.41, 5.74) is 1.44. The van der Waals surface area contributed by atoms with E-state index in [-0.39, 0.29) is 5.56 Å². The summed E-state index contributed by atoms with van der Waals surface area (Å²) in [6, 6.07) is 12.8. The minimum atomic E-state index is -0.0516. The molecule has 0 saturated carbocycles. The highest BCUT2D eigenvalue weighted by atomic mass is 79.9. The molecule has 1 aliphatic heterocycles. The average Bonchev–Trinajstić information content (AvgIpc) is 2.71. The van der Waals surface area contributed by atoms with E-state index in [2.05, 4.69) is 30.7 Å². The van der Waals surface area contributed by atoms with Gasteiger partial charge in [-0.1, -0.05) is 11.6 Å². The van der Waals surface area contributed by atoms with E-state index in [0.717, 1.165) is 48.6 Å². The molecule has 1 fully saturated rings. The largest absolute Gasteiger partial charge is 0.492 e. The summed E-state index contributed by atoms with van der Waals surface area (Å²) in [5.74, 6) is 0.841. The maximum Gasteiger partial charge on any atom is 0.258 e. The van der Waals surface area contributed by atoms with Crippen LogP contribution in [0.5, 0.6) is 5.75 Å². The number of hydrogen-bond acceptors (Lipinski definition) is 5. The van der Waals surface area contributed by atoms with Crippen LogP contribution in [0.3, 0.4) is 0 Å². The van der Waals surface area contributed by atoms with E-state index in [1.54, 1.807) is 16.7 Å². The number of halogens is 2. The summed E-state index contributed by atoms with van der Waals surface area (Å²) >= 11 is 9.28. The van der Waals surface area contributed by atoms with Crippen molar-refractivity contribution in [2.75, 3.05) is 39.3 Å². The van der Waals surface area contributed by atoms with Gasteiger partial charge in [0.2, 0.25) is 0 Å². The molecule has 3 heterocycles. The molecule has 1 aliphatic rings. The Morgan fingerprint density at radius 1 is 1.03 bits per heavy atom. The van der Waals surface area contributed by atoms with Gasteiger partial charge in [0.25, 0.3) is 5.56 Å². The molecule has 0 bridgehead atoms. The second kappa shape index (κ2) is 9.26. The van der Waals surface area contributed by atoms with Crippen molar-refractivity contribution in [1.29, 1.82) is 0 Å². The van der Waals surface area contributed by atoms with Gasteiger partial charge in [0.1, 0.15) is 18.0 Å². The quantitative estimate of drug-likeness (QED) is 0.545. The first kappa shape index (κ1) is 20.3. The number of nitrogens with zero attached hydrogens (tertiary/aromatic N) is 4. The van der Waals surface area contributed by atoms with Gasteiger partial charge in [-0.15, -0.1) is 0 Å². The third-order valence-electron chi connectivity index (χ3n) is 5.02. The molecular formula is C21H22BrClN4O2. The zero-order valence-electron chi connectivity index (χ0n) is 15.9. The molecule has 0 radical (unpaired) electrons. The Hall–Kier alpha value is -1.93. The Kier molecular flexibility index (Phi) is 6.50. The standard InChI is InChI=1S/C21H22BrClN4O2/c22-16-1-6-20-24-18(13-21(28)27(20)14-16)15-26-9-7-25(8-10-26)11-12-29-19-4-2-17(23)3-5-19/h1-6,13-14H,7-12,15H2. The van der Waals surface area contributed by atoms with E-state index < -0.39 is 0 Å². The van der Waals surface area contributed by atoms with Crippen LogP contribution >= 0.6 is 27.5 Å². The van der Waals surface area contributed by atoms with E-state index in [1.807, 2.05) is 36.4 Å². The minimum Gasteiger partial charge on any atom is -0.492 e. The van der Waals surface area contributed by atoms with Crippen molar-refractivity contribution in [3.63, 3.8) is 0 Å². The lowest BCUT2D eigenvalue weighted by Gasteiger charge is -2.34. The lowest BCUT2D eigenvalue weighted by molar-refractivity contribution is 0.111. The third kappa shape index (κ3) is 5.36. The summed E-state index contributed by atoms with van der Waals surface area (Å²) in [6.07, 6.45) is 1.75. The highest BCUT2D eigenvalue weighted by molar-refractivity contribution is 9.10. The van der Waals surface area contributed by atoms with Gasteiger partial charge in [-0.3, -0.25) is 19.0 Å². The van der Waals surface area contributed by atoms with Crippen molar-refractivity contribution in [2.45, 2.75) is 6.54 Å². The number of benzene rings is 1. The lowest BCUT2D eigenvalue weighted by atomic mass is 10.2. The second-order valence-corrected chi connectivity index (χ2v) is 8.43. The van der Waals surface area contributed by atoms with Crippen molar-refractivity contribution >= 4 is 33.2 Å². The molecular weight excluding hydrogens is 456 g/mol. The Morgan fingerprint density at radius 2 is 1.76 bits per heavy atom. The van der Waals surface area contributed by atoms with Crippen LogP contribution in [-0.2, 0) is 6.54 Å². The first-order valence-corrected chi connectivity index (χ1v) is 10.7. The van der Waals surface area contributed by atoms with E-state index in [4.69, 9.17) is 16.3 Å². The van der Waals surface area contributed by atoms with Crippen molar-refractivity contribution in [3.05, 3.63) is 74.2 Å². The van der Waals surface area contributed by atoms with E-state index in [0.29, 0.717) is 23.8 Å². The second-order valence-electron chi connectivity index (χ2n) is 7.08. The summed E-state index contributed by atoms with van der Waals surface area (Å²) in [4.78, 5) is 21.7. The molecule has 0 spiro atoms. The van der Waals surface area contributed by atoms with Crippen LogP contribution in [0.4, 0.5) is 0 Å². The smallest absolute Gasteiger partial charge is 0.258 e. The van der Waals surface area contributed by atoms with Gasteiger partial charge in [-0.25, -0.2) is 4.98 Å². The Labute approximate surface area is 182 Å². The van der Waals surface area contributed by atoms with Gasteiger partial charge in [0.05, 0.1) is 5.69 Å². The molecule has 1 aromatic carbocycles. The van der Waals surface area contributed by atoms with Gasteiger partial charge in [-0.05, 0) is 52.3 Å². The molecule has 0 amide bonds. The summed E-state index contributed by atoms with van der Waals surface area (Å²) < 4.78 is 8.21. The maximum atomic E-state index is 12.4. The number of aromatic nitrogens is 2. The zero-order chi connectivity index (χ0) is 20.2. The van der Waals surface area contributed by atoms with Crippen LogP contribution in [0, 0.1) is 0 Å². The van der Waals surface area contributed by atoms with Gasteiger partial charge in [0.15, 0.2) is 0 Å². The highest BCUT2D eigenvalue weighted by Gasteiger charge is 2.17. The Bertz CT molecular complexity index is 1030. The molecule has 152 valence electrons. The van der Waals surface area contributed by atoms with Gasteiger partial charge in [-0.2, -0.15) is 0 Å². The number of ether oxygens (including phenoxy) is 1. The lowest BCUT2D eigenvalue weighted by Crippen LogP contribution is -2.47.